The first-order valence-corrected chi connectivity index (χ1v) is 8.78. The van der Waals surface area contributed by atoms with E-state index in [0.29, 0.717) is 0 Å². The van der Waals surface area contributed by atoms with Gasteiger partial charge in [-0.2, -0.15) is 17.5 Å². The summed E-state index contributed by atoms with van der Waals surface area (Å²) in [6.07, 6.45) is 20.0. The van der Waals surface area contributed by atoms with Gasteiger partial charge >= 0.3 is 26.2 Å². The van der Waals surface area contributed by atoms with E-state index in [1.807, 2.05) is 82.4 Å². The molecule has 2 aliphatic rings. The molecule has 0 saturated heterocycles. The molecule has 0 aliphatic heterocycles. The molecule has 10 radical (unpaired) electrons. The molecule has 0 bridgehead atoms. The van der Waals surface area contributed by atoms with Gasteiger partial charge in [0, 0.05) is 5.75 Å². The second-order valence-corrected chi connectivity index (χ2v) is 6.93. The van der Waals surface area contributed by atoms with E-state index in [1.165, 1.54) is 0 Å². The van der Waals surface area contributed by atoms with Crippen LogP contribution in [0, 0.1) is 75.7 Å². The molecule has 1 aromatic carbocycles. The molecular formula is C22H25OPZr+2. The standard InChI is InChI=1S/C12H15OP.2C5H5.Zr/c1-12(2,3)9-14-11-7-5-6-10(8-11)13-4;2*1-2-4-5-3-1;/h5-7H,1-4H3;2*1-5H;/q-2;;;+4. The Morgan fingerprint density at radius 2 is 1.28 bits per heavy atom. The first kappa shape index (κ1) is 25.1. The summed E-state index contributed by atoms with van der Waals surface area (Å²) < 4.78 is 5.10. The maximum absolute atomic E-state index is 5.10. The minimum absolute atomic E-state index is 0. The molecule has 2 saturated carbocycles. The van der Waals surface area contributed by atoms with Crippen molar-refractivity contribution in [3.63, 3.8) is 0 Å². The molecule has 3 heteroatoms. The zero-order valence-electron chi connectivity index (χ0n) is 15.4. The summed E-state index contributed by atoms with van der Waals surface area (Å²) in [5.74, 6) is 4.16. The zero-order valence-corrected chi connectivity index (χ0v) is 18.7. The molecule has 0 heterocycles. The van der Waals surface area contributed by atoms with E-state index in [4.69, 9.17) is 4.74 Å². The molecule has 2 fully saturated rings. The van der Waals surface area contributed by atoms with E-state index in [-0.39, 0.29) is 31.6 Å². The summed E-state index contributed by atoms with van der Waals surface area (Å²) in [5, 5.41) is 1.10. The van der Waals surface area contributed by atoms with Crippen LogP contribution in [0.1, 0.15) is 20.8 Å². The largest absolute Gasteiger partial charge is 4.00 e. The van der Waals surface area contributed by atoms with E-state index in [9.17, 15) is 0 Å². The van der Waals surface area contributed by atoms with Crippen LogP contribution in [0.3, 0.4) is 0 Å². The molecule has 0 atom stereocenters. The van der Waals surface area contributed by atoms with Crippen molar-refractivity contribution in [2.24, 2.45) is 5.41 Å². The smallest absolute Gasteiger partial charge is 0.523 e. The fourth-order valence-electron chi connectivity index (χ4n) is 1.49. The SMILES string of the molecule is COc1[c-]c(P=[C-]C(C)(C)C)ccc1.[CH]1[CH][CH][CH][CH]1.[CH]1[CH][CH][CH][CH]1.[Zr+4]. The first-order chi connectivity index (χ1) is 11.5. The Hall–Kier alpha value is 0.0731. The molecule has 0 spiro atoms. The van der Waals surface area contributed by atoms with Gasteiger partial charge in [0.2, 0.25) is 0 Å². The Kier molecular flexibility index (Phi) is 15.2. The van der Waals surface area contributed by atoms with Gasteiger partial charge in [-0.1, -0.05) is 20.8 Å². The molecule has 0 unspecified atom stereocenters. The van der Waals surface area contributed by atoms with Gasteiger partial charge in [0.05, 0.1) is 7.11 Å². The maximum Gasteiger partial charge on any atom is 4.00 e. The van der Waals surface area contributed by atoms with E-state index in [0.717, 1.165) is 19.3 Å². The molecular weight excluding hydrogens is 402 g/mol. The second-order valence-electron chi connectivity index (χ2n) is 6.00. The minimum atomic E-state index is 0. The van der Waals surface area contributed by atoms with Gasteiger partial charge in [0.1, 0.15) is 0 Å². The van der Waals surface area contributed by atoms with Crippen molar-refractivity contribution >= 4 is 19.3 Å². The topological polar surface area (TPSA) is 9.23 Å². The number of methoxy groups -OCH3 is 1. The van der Waals surface area contributed by atoms with E-state index >= 15 is 0 Å². The van der Waals surface area contributed by atoms with Crippen molar-refractivity contribution in [3.8, 4) is 5.75 Å². The third-order valence-electron chi connectivity index (χ3n) is 2.60. The zero-order chi connectivity index (χ0) is 17.7. The van der Waals surface area contributed by atoms with Crippen molar-refractivity contribution in [2.75, 3.05) is 7.11 Å². The third-order valence-corrected chi connectivity index (χ3v) is 3.88. The summed E-state index contributed by atoms with van der Waals surface area (Å²) >= 11 is 0. The average Bonchev–Trinajstić information content (AvgIpc) is 3.30. The first-order valence-electron chi connectivity index (χ1n) is 7.89. The summed E-state index contributed by atoms with van der Waals surface area (Å²) in [4.78, 5) is 0. The predicted molar refractivity (Wildman–Crippen MR) is 106 cm³/mol. The quantitative estimate of drug-likeness (QED) is 0.485. The fourth-order valence-corrected chi connectivity index (χ4v) is 2.27. The Balaban J connectivity index is 0.000000425. The molecule has 0 amide bonds. The Labute approximate surface area is 177 Å². The van der Waals surface area contributed by atoms with Crippen LogP contribution in [-0.2, 0) is 26.2 Å². The predicted octanol–water partition coefficient (Wildman–Crippen LogP) is 4.83. The van der Waals surface area contributed by atoms with Gasteiger partial charge in [-0.15, -0.1) is 17.4 Å². The molecule has 3 rings (SSSR count). The Bertz CT molecular complexity index is 432. The monoisotopic (exact) mass is 426 g/mol. The molecule has 126 valence electrons. The molecule has 0 N–H and O–H groups in total. The fraction of sp³-hybridized carbons (Fsp3) is 0.227. The molecule has 2 aliphatic carbocycles. The Morgan fingerprint density at radius 1 is 0.840 bits per heavy atom. The van der Waals surface area contributed by atoms with Crippen molar-refractivity contribution < 1.29 is 30.9 Å². The van der Waals surface area contributed by atoms with Crippen LogP contribution in [0.15, 0.2) is 18.2 Å². The van der Waals surface area contributed by atoms with Gasteiger partial charge in [-0.05, 0) is 64.2 Å². The van der Waals surface area contributed by atoms with Crippen LogP contribution >= 0.6 is 8.20 Å². The van der Waals surface area contributed by atoms with Crippen molar-refractivity contribution in [3.05, 3.63) is 88.5 Å². The molecule has 0 aromatic heterocycles. The van der Waals surface area contributed by atoms with Gasteiger partial charge in [-0.25, -0.2) is 0 Å². The number of benzene rings is 1. The van der Waals surface area contributed by atoms with Crippen LogP contribution in [0.4, 0.5) is 0 Å². The number of hydrogen-bond donors (Lipinski definition) is 0. The van der Waals surface area contributed by atoms with Gasteiger partial charge in [0.15, 0.2) is 0 Å². The maximum atomic E-state index is 5.10. The summed E-state index contributed by atoms with van der Waals surface area (Å²) in [7, 11) is 2.73. The average molecular weight is 428 g/mol. The van der Waals surface area contributed by atoms with E-state index in [1.54, 1.807) is 7.11 Å². The van der Waals surface area contributed by atoms with Gasteiger partial charge in [-0.3, -0.25) is 0 Å². The normalized spacial score (nSPS) is 16.3. The number of hydrogen-bond acceptors (Lipinski definition) is 1. The van der Waals surface area contributed by atoms with Crippen molar-refractivity contribution in [2.45, 2.75) is 20.8 Å². The number of rotatable bonds is 2. The van der Waals surface area contributed by atoms with Gasteiger partial charge < -0.3 is 18.7 Å². The molecule has 25 heavy (non-hydrogen) atoms. The summed E-state index contributed by atoms with van der Waals surface area (Å²) in [6.45, 7) is 6.42. The van der Waals surface area contributed by atoms with Crippen LogP contribution in [-0.4, -0.2) is 12.9 Å². The molecule has 1 nitrogen and oxygen atoms in total. The van der Waals surface area contributed by atoms with Crippen molar-refractivity contribution in [1.82, 2.24) is 0 Å². The second kappa shape index (κ2) is 15.2. The van der Waals surface area contributed by atoms with E-state index in [2.05, 4.69) is 32.6 Å². The Morgan fingerprint density at radius 3 is 1.64 bits per heavy atom. The number of ether oxygens (including phenoxy) is 1. The van der Waals surface area contributed by atoms with E-state index < -0.39 is 0 Å². The van der Waals surface area contributed by atoms with Crippen LogP contribution in [0.5, 0.6) is 5.75 Å². The summed E-state index contributed by atoms with van der Waals surface area (Å²) in [6, 6.07) is 9.07. The minimum Gasteiger partial charge on any atom is -0.523 e. The summed E-state index contributed by atoms with van der Waals surface area (Å²) in [5.41, 5.74) is 0.123. The van der Waals surface area contributed by atoms with Crippen LogP contribution < -0.4 is 10.0 Å². The van der Waals surface area contributed by atoms with Crippen LogP contribution in [0.2, 0.25) is 0 Å². The molecule has 1 aromatic rings. The third kappa shape index (κ3) is 14.9. The van der Waals surface area contributed by atoms with Gasteiger partial charge in [0.25, 0.3) is 0 Å². The van der Waals surface area contributed by atoms with Crippen LogP contribution in [0.25, 0.3) is 0 Å². The van der Waals surface area contributed by atoms with Crippen molar-refractivity contribution in [1.29, 1.82) is 0 Å².